The second kappa shape index (κ2) is 22.2. The first kappa shape index (κ1) is 41.6. The second-order valence-corrected chi connectivity index (χ2v) is 14.5. The molecule has 0 unspecified atom stereocenters. The van der Waals surface area contributed by atoms with Crippen LogP contribution in [0.15, 0.2) is 60.7 Å². The quantitative estimate of drug-likeness (QED) is 0.0913. The van der Waals surface area contributed by atoms with Gasteiger partial charge >= 0.3 is 24.4 Å². The van der Waals surface area contributed by atoms with Gasteiger partial charge in [0.2, 0.25) is 3.79 Å². The molecular formula is C34H47Cl3N4O8. The van der Waals surface area contributed by atoms with Gasteiger partial charge in [0.05, 0.1) is 0 Å². The van der Waals surface area contributed by atoms with Crippen LogP contribution in [0.2, 0.25) is 0 Å². The Morgan fingerprint density at radius 1 is 0.612 bits per heavy atom. The topological polar surface area (TPSA) is 136 Å². The van der Waals surface area contributed by atoms with Gasteiger partial charge in [0.25, 0.3) is 0 Å². The van der Waals surface area contributed by atoms with Crippen LogP contribution < -0.4 is 10.6 Å². The van der Waals surface area contributed by atoms with Crippen molar-refractivity contribution in [2.24, 2.45) is 0 Å². The lowest BCUT2D eigenvalue weighted by Crippen LogP contribution is -2.39. The van der Waals surface area contributed by atoms with Crippen molar-refractivity contribution in [3.05, 3.63) is 71.8 Å². The smallest absolute Gasteiger partial charge is 0.410 e. The second-order valence-electron chi connectivity index (χ2n) is 12.0. The monoisotopic (exact) mass is 744 g/mol. The highest BCUT2D eigenvalue weighted by molar-refractivity contribution is 6.67. The lowest BCUT2D eigenvalue weighted by Gasteiger charge is -2.26. The van der Waals surface area contributed by atoms with Crippen molar-refractivity contribution in [2.45, 2.75) is 69.1 Å². The summed E-state index contributed by atoms with van der Waals surface area (Å²) in [5.41, 5.74) is 1.10. The zero-order valence-corrected chi connectivity index (χ0v) is 30.5. The van der Waals surface area contributed by atoms with E-state index < -0.39 is 40.4 Å². The van der Waals surface area contributed by atoms with Crippen LogP contribution in [0.1, 0.15) is 57.6 Å². The minimum Gasteiger partial charge on any atom is -0.445 e. The van der Waals surface area contributed by atoms with Crippen molar-refractivity contribution in [1.82, 2.24) is 20.4 Å². The molecule has 0 aliphatic carbocycles. The SMILES string of the molecule is CC(C)(C)OC(=O)NCCCCN(CCCN(CCCNC(=O)OCC(Cl)(Cl)Cl)C(=O)OCc1ccccc1)C(=O)OCc1ccccc1. The highest BCUT2D eigenvalue weighted by Gasteiger charge is 2.23. The van der Waals surface area contributed by atoms with Gasteiger partial charge in [-0.05, 0) is 57.6 Å². The van der Waals surface area contributed by atoms with Crippen molar-refractivity contribution >= 4 is 59.2 Å². The molecule has 0 heterocycles. The fraction of sp³-hybridized carbons (Fsp3) is 0.529. The zero-order valence-electron chi connectivity index (χ0n) is 28.3. The number of ether oxygens (including phenoxy) is 4. The maximum Gasteiger partial charge on any atom is 0.410 e. The van der Waals surface area contributed by atoms with Gasteiger partial charge in [-0.1, -0.05) is 95.5 Å². The lowest BCUT2D eigenvalue weighted by atomic mass is 10.2. The number of amides is 4. The Hall–Kier alpha value is -3.61. The highest BCUT2D eigenvalue weighted by atomic mass is 35.6. The molecule has 2 rings (SSSR count). The summed E-state index contributed by atoms with van der Waals surface area (Å²) in [5, 5.41) is 5.28. The van der Waals surface area contributed by atoms with Gasteiger partial charge in [0, 0.05) is 39.3 Å². The number of carbonyl (C=O) groups excluding carboxylic acids is 4. The maximum absolute atomic E-state index is 13.1. The van der Waals surface area contributed by atoms with Crippen LogP contribution in [-0.2, 0) is 32.2 Å². The van der Waals surface area contributed by atoms with Crippen molar-refractivity contribution in [3.8, 4) is 0 Å². The van der Waals surface area contributed by atoms with E-state index in [1.165, 1.54) is 4.90 Å². The first-order chi connectivity index (χ1) is 23.2. The largest absolute Gasteiger partial charge is 0.445 e. The average Bonchev–Trinajstić information content (AvgIpc) is 3.05. The van der Waals surface area contributed by atoms with Crippen LogP contribution in [-0.4, -0.2) is 89.4 Å². The van der Waals surface area contributed by atoms with Crippen molar-refractivity contribution in [1.29, 1.82) is 0 Å². The number of hydrogen-bond acceptors (Lipinski definition) is 8. The molecule has 0 saturated heterocycles. The fourth-order valence-corrected chi connectivity index (χ4v) is 4.42. The van der Waals surface area contributed by atoms with Gasteiger partial charge < -0.3 is 39.4 Å². The minimum atomic E-state index is -1.73. The van der Waals surface area contributed by atoms with Gasteiger partial charge in [-0.2, -0.15) is 0 Å². The minimum absolute atomic E-state index is 0.0903. The first-order valence-corrected chi connectivity index (χ1v) is 17.2. The molecule has 0 aliphatic rings. The maximum atomic E-state index is 13.1. The molecule has 0 fully saturated rings. The molecule has 12 nitrogen and oxygen atoms in total. The third-order valence-corrected chi connectivity index (χ3v) is 6.87. The molecule has 0 saturated carbocycles. The summed E-state index contributed by atoms with van der Waals surface area (Å²) in [7, 11) is 0. The first-order valence-electron chi connectivity index (χ1n) is 16.1. The molecule has 2 aromatic rings. The summed E-state index contributed by atoms with van der Waals surface area (Å²) >= 11 is 16.8. The summed E-state index contributed by atoms with van der Waals surface area (Å²) in [6.45, 7) is 6.95. The molecule has 0 bridgehead atoms. The molecule has 49 heavy (non-hydrogen) atoms. The van der Waals surface area contributed by atoms with Crippen LogP contribution in [0, 0.1) is 0 Å². The van der Waals surface area contributed by atoms with Crippen molar-refractivity contribution < 1.29 is 38.1 Å². The van der Waals surface area contributed by atoms with E-state index in [2.05, 4.69) is 10.6 Å². The van der Waals surface area contributed by atoms with Crippen molar-refractivity contribution in [3.63, 3.8) is 0 Å². The number of alkyl halides is 3. The van der Waals surface area contributed by atoms with Crippen LogP contribution >= 0.6 is 34.8 Å². The predicted molar refractivity (Wildman–Crippen MR) is 189 cm³/mol. The fourth-order valence-electron chi connectivity index (χ4n) is 4.25. The summed E-state index contributed by atoms with van der Waals surface area (Å²) < 4.78 is 19.6. The van der Waals surface area contributed by atoms with E-state index in [1.807, 2.05) is 60.7 Å². The van der Waals surface area contributed by atoms with E-state index >= 15 is 0 Å². The van der Waals surface area contributed by atoms with E-state index in [-0.39, 0.29) is 32.8 Å². The summed E-state index contributed by atoms with van der Waals surface area (Å²) in [4.78, 5) is 53.2. The van der Waals surface area contributed by atoms with Crippen LogP contribution in [0.3, 0.4) is 0 Å². The van der Waals surface area contributed by atoms with Gasteiger partial charge in [0.15, 0.2) is 0 Å². The lowest BCUT2D eigenvalue weighted by molar-refractivity contribution is 0.0524. The highest BCUT2D eigenvalue weighted by Crippen LogP contribution is 2.25. The number of unbranched alkanes of at least 4 members (excludes halogenated alkanes) is 1. The van der Waals surface area contributed by atoms with E-state index in [4.69, 9.17) is 53.8 Å². The molecule has 0 aromatic heterocycles. The molecule has 2 aromatic carbocycles. The van der Waals surface area contributed by atoms with E-state index in [9.17, 15) is 19.2 Å². The Morgan fingerprint density at radius 2 is 1.06 bits per heavy atom. The number of nitrogens with zero attached hydrogens (tertiary/aromatic N) is 2. The predicted octanol–water partition coefficient (Wildman–Crippen LogP) is 7.45. The Kier molecular flexibility index (Phi) is 18.8. The molecular weight excluding hydrogens is 699 g/mol. The Balaban J connectivity index is 1.96. The summed E-state index contributed by atoms with van der Waals surface area (Å²) in [5.74, 6) is 0. The third-order valence-electron chi connectivity index (χ3n) is 6.55. The van der Waals surface area contributed by atoms with E-state index in [1.54, 1.807) is 25.7 Å². The summed E-state index contributed by atoms with van der Waals surface area (Å²) in [6.07, 6.45) is -0.257. The molecule has 0 atom stereocenters. The number of halogens is 3. The van der Waals surface area contributed by atoms with Gasteiger partial charge in [-0.25, -0.2) is 19.2 Å². The van der Waals surface area contributed by atoms with Gasteiger partial charge in [-0.15, -0.1) is 0 Å². The molecule has 0 spiro atoms. The van der Waals surface area contributed by atoms with E-state index in [0.29, 0.717) is 45.3 Å². The Morgan fingerprint density at radius 3 is 1.55 bits per heavy atom. The molecule has 0 aliphatic heterocycles. The van der Waals surface area contributed by atoms with Gasteiger partial charge in [-0.3, -0.25) is 0 Å². The molecule has 4 amide bonds. The molecule has 2 N–H and O–H groups in total. The number of carbonyl (C=O) groups is 4. The summed E-state index contributed by atoms with van der Waals surface area (Å²) in [6, 6.07) is 18.6. The molecule has 0 radical (unpaired) electrons. The number of hydrogen-bond donors (Lipinski definition) is 2. The van der Waals surface area contributed by atoms with Crippen LogP contribution in [0.4, 0.5) is 19.2 Å². The van der Waals surface area contributed by atoms with Crippen molar-refractivity contribution in [2.75, 3.05) is 45.9 Å². The molecule has 272 valence electrons. The normalized spacial score (nSPS) is 11.2. The standard InChI is InChI=1S/C34H47Cl3N4O8/c1-33(2,3)49-30(43)39-18-10-11-20-40(31(44)46-24-27-14-6-4-7-15-27)22-13-23-41(32(45)47-25-28-16-8-5-9-17-28)21-12-19-38-29(42)48-26-34(35,36)37/h4-9,14-17H,10-13,18-26H2,1-3H3,(H,38,42)(H,39,43). The number of nitrogens with one attached hydrogen (secondary N) is 2. The zero-order chi connectivity index (χ0) is 36.1. The number of alkyl carbamates (subject to hydrolysis) is 2. The number of benzene rings is 2. The molecule has 15 heteroatoms. The Labute approximate surface area is 303 Å². The van der Waals surface area contributed by atoms with E-state index in [0.717, 1.165) is 11.1 Å². The van der Waals surface area contributed by atoms with Crippen LogP contribution in [0.5, 0.6) is 0 Å². The number of rotatable bonds is 18. The van der Waals surface area contributed by atoms with Crippen LogP contribution in [0.25, 0.3) is 0 Å². The third kappa shape index (κ3) is 20.5. The average molecular weight is 746 g/mol. The van der Waals surface area contributed by atoms with Gasteiger partial charge in [0.1, 0.15) is 25.4 Å². The Bertz CT molecular complexity index is 1280.